The largest absolute Gasteiger partial charge is 0.352 e. The molecule has 5 nitrogen and oxygen atoms in total. The Morgan fingerprint density at radius 1 is 1.27 bits per heavy atom. The number of nitrogens with one attached hydrogen (secondary N) is 1. The Morgan fingerprint density at radius 3 is 2.77 bits per heavy atom. The predicted octanol–water partition coefficient (Wildman–Crippen LogP) is 4.33. The van der Waals surface area contributed by atoms with Gasteiger partial charge in [0.1, 0.15) is 4.83 Å². The summed E-state index contributed by atoms with van der Waals surface area (Å²) in [5.41, 5.74) is 1.96. The fraction of sp³-hybridized carbons (Fsp3) is 0.435. The Hall–Kier alpha value is -2.12. The van der Waals surface area contributed by atoms with E-state index in [0.29, 0.717) is 17.1 Å². The Balaban J connectivity index is 1.62. The molecule has 1 saturated carbocycles. The molecule has 5 rings (SSSR count). The molecule has 2 aliphatic rings. The fourth-order valence-corrected chi connectivity index (χ4v) is 6.37. The summed E-state index contributed by atoms with van der Waals surface area (Å²) in [7, 11) is 0. The lowest BCUT2D eigenvalue weighted by Crippen LogP contribution is -2.33. The number of amides is 1. The van der Waals surface area contributed by atoms with Gasteiger partial charge in [0.05, 0.1) is 16.3 Å². The minimum Gasteiger partial charge on any atom is -0.352 e. The number of thiophene rings is 1. The van der Waals surface area contributed by atoms with Crippen molar-refractivity contribution in [3.63, 3.8) is 0 Å². The maximum absolute atomic E-state index is 13.7. The number of nitrogens with zero attached hydrogens (tertiary/aromatic N) is 2. The highest BCUT2D eigenvalue weighted by Crippen LogP contribution is 2.37. The van der Waals surface area contributed by atoms with Crippen molar-refractivity contribution in [3.8, 4) is 5.69 Å². The number of fused-ring (bicyclic) bond motifs is 3. The average Bonchev–Trinajstić information content (AvgIpc) is 3.46. The van der Waals surface area contributed by atoms with Crippen molar-refractivity contribution >= 4 is 39.2 Å². The van der Waals surface area contributed by atoms with E-state index in [1.165, 1.54) is 22.2 Å². The number of aryl methyl sites for hydroxylation is 1. The van der Waals surface area contributed by atoms with Crippen LogP contribution in [0.4, 0.5) is 0 Å². The van der Waals surface area contributed by atoms with E-state index in [1.54, 1.807) is 15.9 Å². The van der Waals surface area contributed by atoms with Crippen molar-refractivity contribution in [1.82, 2.24) is 14.9 Å². The van der Waals surface area contributed by atoms with Crippen LogP contribution >= 0.6 is 23.1 Å². The van der Waals surface area contributed by atoms with Crippen LogP contribution in [0.1, 0.15) is 43.6 Å². The van der Waals surface area contributed by atoms with Gasteiger partial charge in [0, 0.05) is 10.9 Å². The molecule has 2 aromatic heterocycles. The highest BCUT2D eigenvalue weighted by atomic mass is 32.2. The molecule has 3 aromatic rings. The summed E-state index contributed by atoms with van der Waals surface area (Å²) in [4.78, 5) is 33.3. The first kappa shape index (κ1) is 19.8. The molecule has 30 heavy (non-hydrogen) atoms. The van der Waals surface area contributed by atoms with Gasteiger partial charge in [-0.1, -0.05) is 36.9 Å². The number of aromatic nitrogens is 2. The standard InChI is InChI=1S/C23H25N3O2S2/c1-13-8-11-17-18(12-13)30-21-19(17)22(28)26(16-6-4-3-5-7-16)23(25-21)29-14(2)20(27)24-15-9-10-15/h3-7,13-15H,8-12H2,1-2H3,(H,24,27). The molecule has 0 radical (unpaired) electrons. The van der Waals surface area contributed by atoms with Crippen LogP contribution in [-0.4, -0.2) is 26.8 Å². The van der Waals surface area contributed by atoms with Gasteiger partial charge in [-0.2, -0.15) is 0 Å². The molecular formula is C23H25N3O2S2. The lowest BCUT2D eigenvalue weighted by atomic mass is 9.89. The second-order valence-corrected chi connectivity index (χ2v) is 10.8. The van der Waals surface area contributed by atoms with Gasteiger partial charge < -0.3 is 5.32 Å². The zero-order valence-electron chi connectivity index (χ0n) is 17.2. The van der Waals surface area contributed by atoms with Gasteiger partial charge in [-0.25, -0.2) is 4.98 Å². The smallest absolute Gasteiger partial charge is 0.267 e. The molecule has 156 valence electrons. The van der Waals surface area contributed by atoms with Crippen molar-refractivity contribution < 1.29 is 4.79 Å². The van der Waals surface area contributed by atoms with E-state index in [0.717, 1.165) is 48.0 Å². The third-order valence-corrected chi connectivity index (χ3v) is 8.09. The molecule has 1 aromatic carbocycles. The first-order chi connectivity index (χ1) is 14.5. The van der Waals surface area contributed by atoms with E-state index in [2.05, 4.69) is 12.2 Å². The zero-order chi connectivity index (χ0) is 20.8. The van der Waals surface area contributed by atoms with E-state index in [1.807, 2.05) is 37.3 Å². The summed E-state index contributed by atoms with van der Waals surface area (Å²) in [6, 6.07) is 9.96. The number of carbonyl (C=O) groups excluding carboxylic acids is 1. The van der Waals surface area contributed by atoms with Crippen LogP contribution in [0.25, 0.3) is 15.9 Å². The maximum atomic E-state index is 13.7. The number of hydrogen-bond acceptors (Lipinski definition) is 5. The van der Waals surface area contributed by atoms with Gasteiger partial charge in [0.25, 0.3) is 5.56 Å². The molecule has 2 atom stereocenters. The number of rotatable bonds is 5. The first-order valence-corrected chi connectivity index (χ1v) is 12.3. The van der Waals surface area contributed by atoms with Gasteiger partial charge in [-0.05, 0) is 62.6 Å². The number of thioether (sulfide) groups is 1. The second-order valence-electron chi connectivity index (χ2n) is 8.45. The number of hydrogen-bond donors (Lipinski definition) is 1. The monoisotopic (exact) mass is 439 g/mol. The highest BCUT2D eigenvalue weighted by Gasteiger charge is 2.29. The van der Waals surface area contributed by atoms with Gasteiger partial charge in [-0.3, -0.25) is 14.2 Å². The number of benzene rings is 1. The van der Waals surface area contributed by atoms with Crippen LogP contribution in [0.2, 0.25) is 0 Å². The van der Waals surface area contributed by atoms with Crippen LogP contribution in [0.3, 0.4) is 0 Å². The summed E-state index contributed by atoms with van der Waals surface area (Å²) in [5.74, 6) is 0.651. The topological polar surface area (TPSA) is 64.0 Å². The van der Waals surface area contributed by atoms with Crippen molar-refractivity contribution in [2.75, 3.05) is 0 Å². The summed E-state index contributed by atoms with van der Waals surface area (Å²) in [6.07, 6.45) is 5.18. The van der Waals surface area contributed by atoms with E-state index < -0.39 is 0 Å². The lowest BCUT2D eigenvalue weighted by Gasteiger charge is -2.18. The Kier molecular flexibility index (Phi) is 5.19. The minimum atomic E-state index is -0.320. The molecule has 1 N–H and O–H groups in total. The Morgan fingerprint density at radius 2 is 2.03 bits per heavy atom. The van der Waals surface area contributed by atoms with Crippen LogP contribution < -0.4 is 10.9 Å². The molecule has 0 aliphatic heterocycles. The van der Waals surface area contributed by atoms with Crippen LogP contribution in [0.5, 0.6) is 0 Å². The second kappa shape index (κ2) is 7.85. The molecule has 0 saturated heterocycles. The van der Waals surface area contributed by atoms with E-state index in [9.17, 15) is 9.59 Å². The SMILES string of the molecule is CC1CCc2c(sc3nc(SC(C)C(=O)NC4CC4)n(-c4ccccc4)c(=O)c23)C1. The predicted molar refractivity (Wildman–Crippen MR) is 123 cm³/mol. The van der Waals surface area contributed by atoms with Crippen molar-refractivity contribution in [2.24, 2.45) is 5.92 Å². The van der Waals surface area contributed by atoms with Crippen LogP contribution in [0, 0.1) is 5.92 Å². The average molecular weight is 440 g/mol. The summed E-state index contributed by atoms with van der Waals surface area (Å²) >= 11 is 3.02. The third kappa shape index (κ3) is 3.69. The maximum Gasteiger partial charge on any atom is 0.267 e. The van der Waals surface area contributed by atoms with Gasteiger partial charge in [0.2, 0.25) is 5.91 Å². The highest BCUT2D eigenvalue weighted by molar-refractivity contribution is 8.00. The van der Waals surface area contributed by atoms with Gasteiger partial charge >= 0.3 is 0 Å². The quantitative estimate of drug-likeness (QED) is 0.475. The van der Waals surface area contributed by atoms with Crippen LogP contribution in [0.15, 0.2) is 40.3 Å². The first-order valence-electron chi connectivity index (χ1n) is 10.6. The molecule has 1 amide bonds. The molecule has 7 heteroatoms. The van der Waals surface area contributed by atoms with E-state index in [-0.39, 0.29) is 16.7 Å². The van der Waals surface area contributed by atoms with Crippen molar-refractivity contribution in [2.45, 2.75) is 62.4 Å². The zero-order valence-corrected chi connectivity index (χ0v) is 18.8. The van der Waals surface area contributed by atoms with Gasteiger partial charge in [0.15, 0.2) is 5.16 Å². The summed E-state index contributed by atoms with van der Waals surface area (Å²) in [6.45, 7) is 4.15. The molecule has 0 spiro atoms. The van der Waals surface area contributed by atoms with Gasteiger partial charge in [-0.15, -0.1) is 11.3 Å². The van der Waals surface area contributed by atoms with Crippen molar-refractivity contribution in [1.29, 1.82) is 0 Å². The van der Waals surface area contributed by atoms with E-state index in [4.69, 9.17) is 4.98 Å². The molecular weight excluding hydrogens is 414 g/mol. The van der Waals surface area contributed by atoms with E-state index >= 15 is 0 Å². The molecule has 2 unspecified atom stereocenters. The summed E-state index contributed by atoms with van der Waals surface area (Å²) in [5, 5.41) is 4.09. The fourth-order valence-electron chi connectivity index (χ4n) is 4.01. The Bertz CT molecular complexity index is 1160. The lowest BCUT2D eigenvalue weighted by molar-refractivity contribution is -0.120. The number of para-hydroxylation sites is 1. The third-order valence-electron chi connectivity index (χ3n) is 5.89. The Labute approximate surface area is 183 Å². The minimum absolute atomic E-state index is 0.00996. The number of carbonyl (C=O) groups is 1. The molecule has 2 aliphatic carbocycles. The van der Waals surface area contributed by atoms with Crippen LogP contribution in [-0.2, 0) is 17.6 Å². The molecule has 2 heterocycles. The van der Waals surface area contributed by atoms with Crippen molar-refractivity contribution in [3.05, 3.63) is 51.1 Å². The summed E-state index contributed by atoms with van der Waals surface area (Å²) < 4.78 is 1.69. The molecule has 0 bridgehead atoms. The normalized spacial score (nSPS) is 19.5. The molecule has 1 fully saturated rings.